The van der Waals surface area contributed by atoms with Crippen molar-refractivity contribution < 1.29 is 19.4 Å². The van der Waals surface area contributed by atoms with Gasteiger partial charge < -0.3 is 15.2 Å². The molecule has 1 rings (SSSR count). The first-order valence-electron chi connectivity index (χ1n) is 6.52. The molecular formula is C14H20N2O4. The Hall–Kier alpha value is -2.08. The molecule has 0 heterocycles. The van der Waals surface area contributed by atoms with Gasteiger partial charge in [0.1, 0.15) is 5.75 Å². The number of carbonyl (C=O) groups excluding carboxylic acids is 2. The molecule has 1 aromatic carbocycles. The highest BCUT2D eigenvalue weighted by Crippen LogP contribution is 2.19. The number of aliphatic hydroxyl groups is 1. The zero-order chi connectivity index (χ0) is 15.0. The normalized spacial score (nSPS) is 11.6. The molecule has 3 N–H and O–H groups in total. The topological polar surface area (TPSA) is 87.7 Å². The van der Waals surface area contributed by atoms with Crippen LogP contribution in [0.4, 0.5) is 4.79 Å². The molecule has 110 valence electrons. The fourth-order valence-electron chi connectivity index (χ4n) is 1.61. The van der Waals surface area contributed by atoms with E-state index in [4.69, 9.17) is 9.84 Å². The number of nitrogens with one attached hydrogen (secondary N) is 2. The number of amides is 3. The van der Waals surface area contributed by atoms with E-state index in [1.165, 1.54) is 0 Å². The lowest BCUT2D eigenvalue weighted by Gasteiger charge is -2.16. The minimum absolute atomic E-state index is 0.000142. The van der Waals surface area contributed by atoms with E-state index in [1.54, 1.807) is 26.0 Å². The smallest absolute Gasteiger partial charge is 0.321 e. The van der Waals surface area contributed by atoms with E-state index in [2.05, 4.69) is 10.6 Å². The Labute approximate surface area is 118 Å². The van der Waals surface area contributed by atoms with Crippen molar-refractivity contribution in [1.29, 1.82) is 0 Å². The Kier molecular flexibility index (Phi) is 6.52. The van der Waals surface area contributed by atoms with Crippen LogP contribution in [0.15, 0.2) is 24.3 Å². The number of hydrogen-bond donors (Lipinski definition) is 3. The fraction of sp³-hybridized carbons (Fsp3) is 0.429. The molecule has 0 aliphatic heterocycles. The van der Waals surface area contributed by atoms with E-state index >= 15 is 0 Å². The van der Waals surface area contributed by atoms with E-state index < -0.39 is 18.0 Å². The number of hydrogen-bond acceptors (Lipinski definition) is 4. The zero-order valence-corrected chi connectivity index (χ0v) is 11.7. The molecule has 0 bridgehead atoms. The van der Waals surface area contributed by atoms with Gasteiger partial charge in [-0.15, -0.1) is 0 Å². The minimum atomic E-state index is -0.808. The minimum Gasteiger partial charge on any atom is -0.481 e. The highest BCUT2D eigenvalue weighted by atomic mass is 16.5. The monoisotopic (exact) mass is 280 g/mol. The molecule has 0 saturated carbocycles. The van der Waals surface area contributed by atoms with Gasteiger partial charge in [0.05, 0.1) is 0 Å². The predicted molar refractivity (Wildman–Crippen MR) is 74.5 cm³/mol. The van der Waals surface area contributed by atoms with Crippen LogP contribution in [0.25, 0.3) is 0 Å². The van der Waals surface area contributed by atoms with Gasteiger partial charge in [-0.1, -0.05) is 18.2 Å². The average molecular weight is 280 g/mol. The van der Waals surface area contributed by atoms with Crippen molar-refractivity contribution >= 4 is 11.9 Å². The highest BCUT2D eigenvalue weighted by Gasteiger charge is 2.18. The van der Waals surface area contributed by atoms with Crippen molar-refractivity contribution in [3.05, 3.63) is 29.8 Å². The summed E-state index contributed by atoms with van der Waals surface area (Å²) in [5.74, 6) is 0.00912. The van der Waals surface area contributed by atoms with Gasteiger partial charge in [-0.3, -0.25) is 10.1 Å². The second kappa shape index (κ2) is 8.16. The van der Waals surface area contributed by atoms with Gasteiger partial charge in [-0.05, 0) is 31.9 Å². The molecule has 0 aromatic heterocycles. The summed E-state index contributed by atoms with van der Waals surface area (Å²) in [5.41, 5.74) is 0.813. The summed E-state index contributed by atoms with van der Waals surface area (Å²) in [4.78, 5) is 23.0. The van der Waals surface area contributed by atoms with Crippen LogP contribution >= 0.6 is 0 Å². The maximum Gasteiger partial charge on any atom is 0.321 e. The fourth-order valence-corrected chi connectivity index (χ4v) is 1.61. The van der Waals surface area contributed by atoms with Gasteiger partial charge in [0.15, 0.2) is 6.10 Å². The van der Waals surface area contributed by atoms with Crippen LogP contribution in [0.3, 0.4) is 0 Å². The summed E-state index contributed by atoms with van der Waals surface area (Å²) in [6.07, 6.45) is -0.363. The van der Waals surface area contributed by atoms with Crippen LogP contribution in [-0.2, 0) is 11.2 Å². The number of imide groups is 1. The second-order valence-corrected chi connectivity index (χ2v) is 4.19. The van der Waals surface area contributed by atoms with Crippen LogP contribution in [0.5, 0.6) is 5.75 Å². The number of benzene rings is 1. The number of aliphatic hydroxyl groups excluding tert-OH is 1. The molecule has 20 heavy (non-hydrogen) atoms. The first-order chi connectivity index (χ1) is 9.58. The van der Waals surface area contributed by atoms with Gasteiger partial charge in [0.2, 0.25) is 0 Å². The SMILES string of the molecule is CCNC(=O)NC(=O)C(C)Oc1ccccc1CCO. The molecule has 1 unspecified atom stereocenters. The van der Waals surface area contributed by atoms with Crippen molar-refractivity contribution in [2.24, 2.45) is 0 Å². The Balaban J connectivity index is 2.63. The highest BCUT2D eigenvalue weighted by molar-refractivity contribution is 5.96. The summed E-state index contributed by atoms with van der Waals surface area (Å²) in [5, 5.41) is 13.6. The molecule has 1 atom stereocenters. The van der Waals surface area contributed by atoms with Crippen molar-refractivity contribution in [2.75, 3.05) is 13.2 Å². The van der Waals surface area contributed by atoms with E-state index in [0.717, 1.165) is 5.56 Å². The molecule has 0 aliphatic carbocycles. The van der Waals surface area contributed by atoms with Crippen LogP contribution in [0.1, 0.15) is 19.4 Å². The first-order valence-corrected chi connectivity index (χ1v) is 6.52. The zero-order valence-electron chi connectivity index (χ0n) is 11.7. The third-order valence-electron chi connectivity index (χ3n) is 2.60. The van der Waals surface area contributed by atoms with Crippen LogP contribution in [0.2, 0.25) is 0 Å². The average Bonchev–Trinajstić information content (AvgIpc) is 2.41. The Morgan fingerprint density at radius 3 is 2.70 bits per heavy atom. The lowest BCUT2D eigenvalue weighted by Crippen LogP contribution is -2.45. The molecule has 0 aliphatic rings. The van der Waals surface area contributed by atoms with Crippen molar-refractivity contribution in [1.82, 2.24) is 10.6 Å². The summed E-state index contributed by atoms with van der Waals surface area (Å²) in [6, 6.07) is 6.61. The molecule has 3 amide bonds. The first kappa shape index (κ1) is 16.0. The quantitative estimate of drug-likeness (QED) is 0.720. The van der Waals surface area contributed by atoms with Gasteiger partial charge >= 0.3 is 6.03 Å². The van der Waals surface area contributed by atoms with Gasteiger partial charge in [-0.25, -0.2) is 4.79 Å². The van der Waals surface area contributed by atoms with Crippen LogP contribution in [0, 0.1) is 0 Å². The summed E-state index contributed by atoms with van der Waals surface area (Å²) < 4.78 is 5.54. The van der Waals surface area contributed by atoms with Gasteiger partial charge in [0, 0.05) is 13.2 Å². The molecule has 0 saturated heterocycles. The summed E-state index contributed by atoms with van der Waals surface area (Å²) in [7, 11) is 0. The number of rotatable bonds is 6. The number of urea groups is 1. The van der Waals surface area contributed by atoms with E-state index in [1.807, 2.05) is 12.1 Å². The molecule has 0 spiro atoms. The second-order valence-electron chi connectivity index (χ2n) is 4.19. The number of ether oxygens (including phenoxy) is 1. The number of carbonyl (C=O) groups is 2. The van der Waals surface area contributed by atoms with E-state index in [-0.39, 0.29) is 6.61 Å². The Morgan fingerprint density at radius 1 is 1.35 bits per heavy atom. The van der Waals surface area contributed by atoms with E-state index in [0.29, 0.717) is 18.7 Å². The van der Waals surface area contributed by atoms with E-state index in [9.17, 15) is 9.59 Å². The molecule has 0 radical (unpaired) electrons. The van der Waals surface area contributed by atoms with Crippen LogP contribution in [-0.4, -0.2) is 36.3 Å². The maximum absolute atomic E-state index is 11.8. The predicted octanol–water partition coefficient (Wildman–Crippen LogP) is 0.834. The largest absolute Gasteiger partial charge is 0.481 e. The molecular weight excluding hydrogens is 260 g/mol. The molecule has 6 heteroatoms. The number of para-hydroxylation sites is 1. The third-order valence-corrected chi connectivity index (χ3v) is 2.60. The third kappa shape index (κ3) is 4.89. The van der Waals surface area contributed by atoms with Crippen molar-refractivity contribution in [2.45, 2.75) is 26.4 Å². The standard InChI is InChI=1S/C14H20N2O4/c1-3-15-14(19)16-13(18)10(2)20-12-7-5-4-6-11(12)8-9-17/h4-7,10,17H,3,8-9H2,1-2H3,(H2,15,16,18,19). The Bertz CT molecular complexity index is 462. The lowest BCUT2D eigenvalue weighted by atomic mass is 10.1. The Morgan fingerprint density at radius 2 is 2.05 bits per heavy atom. The van der Waals surface area contributed by atoms with Crippen molar-refractivity contribution in [3.63, 3.8) is 0 Å². The molecule has 6 nitrogen and oxygen atoms in total. The van der Waals surface area contributed by atoms with Crippen LogP contribution < -0.4 is 15.4 Å². The summed E-state index contributed by atoms with van der Waals surface area (Å²) in [6.45, 7) is 3.76. The molecule has 1 aromatic rings. The van der Waals surface area contributed by atoms with Crippen molar-refractivity contribution in [3.8, 4) is 5.75 Å². The maximum atomic E-state index is 11.8. The molecule has 0 fully saturated rings. The van der Waals surface area contributed by atoms with Gasteiger partial charge in [0.25, 0.3) is 5.91 Å². The summed E-state index contributed by atoms with van der Waals surface area (Å²) >= 11 is 0. The lowest BCUT2D eigenvalue weighted by molar-refractivity contribution is -0.126. The van der Waals surface area contributed by atoms with Gasteiger partial charge in [-0.2, -0.15) is 0 Å².